The summed E-state index contributed by atoms with van der Waals surface area (Å²) in [5.74, 6) is 0.197. The maximum absolute atomic E-state index is 13.5. The van der Waals surface area contributed by atoms with Crippen LogP contribution in [0.3, 0.4) is 0 Å². The third-order valence-corrected chi connectivity index (χ3v) is 5.29. The Balaban J connectivity index is 1.98. The van der Waals surface area contributed by atoms with E-state index in [1.54, 1.807) is 28.9 Å². The maximum atomic E-state index is 13.5. The van der Waals surface area contributed by atoms with E-state index in [4.69, 9.17) is 9.47 Å². The minimum Gasteiger partial charge on any atom is -0.439 e. The van der Waals surface area contributed by atoms with Crippen molar-refractivity contribution in [3.63, 3.8) is 0 Å². The Hall–Kier alpha value is -2.81. The molecule has 0 saturated carbocycles. The van der Waals surface area contributed by atoms with Crippen LogP contribution in [0.5, 0.6) is 11.6 Å². The molecule has 8 heteroatoms. The summed E-state index contributed by atoms with van der Waals surface area (Å²) in [5.41, 5.74) is 2.19. The van der Waals surface area contributed by atoms with Crippen molar-refractivity contribution in [3.05, 3.63) is 71.4 Å². The molecule has 0 spiro atoms. The van der Waals surface area contributed by atoms with Crippen molar-refractivity contribution in [2.75, 3.05) is 19.8 Å². The number of aliphatic hydroxyl groups excluding tert-OH is 1. The number of ether oxygens (including phenoxy) is 2. The first kappa shape index (κ1) is 24.8. The molecule has 0 saturated heterocycles. The highest BCUT2D eigenvalue weighted by atomic mass is 19.1. The van der Waals surface area contributed by atoms with Gasteiger partial charge < -0.3 is 14.6 Å². The van der Waals surface area contributed by atoms with Crippen LogP contribution in [0.1, 0.15) is 32.0 Å². The molecule has 0 bridgehead atoms. The molecule has 3 aromatic rings. The summed E-state index contributed by atoms with van der Waals surface area (Å²) in [7, 11) is 0. The average Bonchev–Trinajstić information content (AvgIpc) is 3.08. The standard InChI is InChI=1S/C25H31F2N3O3/c1-5-32-16-22(31)14-29(17(2)3)15-24-18(4)28-30(21-10-6-19(26)7-11-21)25(24)33-23-12-8-20(27)9-13-23/h6-13,17,22,31H,5,14-16H2,1-4H3/t22-/m1/s1. The summed E-state index contributed by atoms with van der Waals surface area (Å²) in [6.45, 7) is 9.53. The van der Waals surface area contributed by atoms with Gasteiger partial charge in [0.05, 0.1) is 29.7 Å². The second-order valence-electron chi connectivity index (χ2n) is 8.15. The van der Waals surface area contributed by atoms with Crippen molar-refractivity contribution < 1.29 is 23.4 Å². The first-order chi connectivity index (χ1) is 15.8. The average molecular weight is 460 g/mol. The monoisotopic (exact) mass is 459 g/mol. The summed E-state index contributed by atoms with van der Waals surface area (Å²) in [4.78, 5) is 2.11. The van der Waals surface area contributed by atoms with E-state index in [9.17, 15) is 13.9 Å². The van der Waals surface area contributed by atoms with Crippen molar-refractivity contribution in [1.82, 2.24) is 14.7 Å². The van der Waals surface area contributed by atoms with Crippen molar-refractivity contribution >= 4 is 0 Å². The minimum absolute atomic E-state index is 0.133. The van der Waals surface area contributed by atoms with Crippen LogP contribution in [0.15, 0.2) is 48.5 Å². The van der Waals surface area contributed by atoms with Gasteiger partial charge in [-0.15, -0.1) is 0 Å². The highest BCUT2D eigenvalue weighted by molar-refractivity contribution is 5.43. The number of benzene rings is 2. The number of halogens is 2. The van der Waals surface area contributed by atoms with E-state index >= 15 is 0 Å². The third-order valence-electron chi connectivity index (χ3n) is 5.29. The van der Waals surface area contributed by atoms with E-state index in [0.29, 0.717) is 37.0 Å². The Morgan fingerprint density at radius 3 is 2.21 bits per heavy atom. The molecule has 1 heterocycles. The fourth-order valence-electron chi connectivity index (χ4n) is 3.44. The second-order valence-corrected chi connectivity index (χ2v) is 8.15. The Morgan fingerprint density at radius 1 is 1.03 bits per heavy atom. The lowest BCUT2D eigenvalue weighted by molar-refractivity contribution is 0.0131. The Labute approximate surface area is 193 Å². The zero-order valence-electron chi connectivity index (χ0n) is 19.5. The molecule has 0 fully saturated rings. The van der Waals surface area contributed by atoms with Crippen molar-refractivity contribution in [2.24, 2.45) is 0 Å². The Kier molecular flexibility index (Phi) is 8.55. The number of aryl methyl sites for hydroxylation is 1. The lowest BCUT2D eigenvalue weighted by Crippen LogP contribution is -2.39. The summed E-state index contributed by atoms with van der Waals surface area (Å²) in [6, 6.07) is 11.8. The molecular formula is C25H31F2N3O3. The molecule has 2 aromatic carbocycles. The number of aromatic nitrogens is 2. The predicted octanol–water partition coefficient (Wildman–Crippen LogP) is 4.86. The molecule has 0 aliphatic carbocycles. The smallest absolute Gasteiger partial charge is 0.227 e. The van der Waals surface area contributed by atoms with Gasteiger partial charge in [0, 0.05) is 25.7 Å². The molecule has 0 aliphatic heterocycles. The zero-order valence-corrected chi connectivity index (χ0v) is 19.5. The number of hydrogen-bond donors (Lipinski definition) is 1. The second kappa shape index (κ2) is 11.4. The fraction of sp³-hybridized carbons (Fsp3) is 0.400. The van der Waals surface area contributed by atoms with Crippen molar-refractivity contribution in [3.8, 4) is 17.3 Å². The molecule has 0 unspecified atom stereocenters. The van der Waals surface area contributed by atoms with E-state index in [-0.39, 0.29) is 24.3 Å². The molecule has 0 radical (unpaired) electrons. The summed E-state index contributed by atoms with van der Waals surface area (Å²) < 4.78 is 40.1. The van der Waals surface area contributed by atoms with E-state index in [1.165, 1.54) is 24.3 Å². The number of nitrogens with zero attached hydrogens (tertiary/aromatic N) is 3. The maximum Gasteiger partial charge on any atom is 0.227 e. The van der Waals surface area contributed by atoms with Crippen LogP contribution in [0.25, 0.3) is 5.69 Å². The molecule has 1 aromatic heterocycles. The van der Waals surface area contributed by atoms with Gasteiger partial charge in [0.25, 0.3) is 0 Å². The molecule has 1 N–H and O–H groups in total. The van der Waals surface area contributed by atoms with Crippen molar-refractivity contribution in [1.29, 1.82) is 0 Å². The zero-order chi connectivity index (χ0) is 24.0. The lowest BCUT2D eigenvalue weighted by Gasteiger charge is -2.29. The van der Waals surface area contributed by atoms with Crippen LogP contribution >= 0.6 is 0 Å². The van der Waals surface area contributed by atoms with Crippen LogP contribution in [0.4, 0.5) is 8.78 Å². The van der Waals surface area contributed by atoms with Gasteiger partial charge in [-0.25, -0.2) is 13.5 Å². The van der Waals surface area contributed by atoms with Crippen LogP contribution in [-0.4, -0.2) is 51.7 Å². The molecule has 3 rings (SSSR count). The van der Waals surface area contributed by atoms with E-state index in [1.807, 2.05) is 27.7 Å². The SMILES string of the molecule is CCOC[C@H](O)CN(Cc1c(C)nn(-c2ccc(F)cc2)c1Oc1ccc(F)cc1)C(C)C. The summed E-state index contributed by atoms with van der Waals surface area (Å²) in [5, 5.41) is 15.0. The number of aliphatic hydroxyl groups is 1. The van der Waals surface area contributed by atoms with E-state index in [2.05, 4.69) is 10.00 Å². The summed E-state index contributed by atoms with van der Waals surface area (Å²) >= 11 is 0. The van der Waals surface area contributed by atoms with E-state index < -0.39 is 6.10 Å². The minimum atomic E-state index is -0.638. The quantitative estimate of drug-likeness (QED) is 0.444. The van der Waals surface area contributed by atoms with Gasteiger partial charge in [-0.05, 0) is 76.2 Å². The molecule has 6 nitrogen and oxygen atoms in total. The van der Waals surface area contributed by atoms with Crippen LogP contribution in [0, 0.1) is 18.6 Å². The Bertz CT molecular complexity index is 1020. The van der Waals surface area contributed by atoms with Crippen LogP contribution in [0.2, 0.25) is 0 Å². The van der Waals surface area contributed by atoms with Crippen molar-refractivity contribution in [2.45, 2.75) is 46.4 Å². The normalized spacial score (nSPS) is 12.5. The van der Waals surface area contributed by atoms with Crippen LogP contribution < -0.4 is 4.74 Å². The van der Waals surface area contributed by atoms with Gasteiger partial charge in [0.1, 0.15) is 17.4 Å². The molecule has 0 amide bonds. The number of hydrogen-bond acceptors (Lipinski definition) is 5. The molecule has 0 aliphatic rings. The first-order valence-corrected chi connectivity index (χ1v) is 11.1. The van der Waals surface area contributed by atoms with Gasteiger partial charge in [0.15, 0.2) is 0 Å². The molecule has 178 valence electrons. The molecule has 33 heavy (non-hydrogen) atoms. The molecule has 1 atom stereocenters. The highest BCUT2D eigenvalue weighted by Crippen LogP contribution is 2.32. The summed E-state index contributed by atoms with van der Waals surface area (Å²) in [6.07, 6.45) is -0.638. The van der Waals surface area contributed by atoms with Gasteiger partial charge in [0.2, 0.25) is 5.88 Å². The van der Waals surface area contributed by atoms with Gasteiger partial charge in [-0.3, -0.25) is 4.90 Å². The largest absolute Gasteiger partial charge is 0.439 e. The van der Waals surface area contributed by atoms with Gasteiger partial charge in [-0.1, -0.05) is 0 Å². The predicted molar refractivity (Wildman–Crippen MR) is 123 cm³/mol. The Morgan fingerprint density at radius 2 is 1.64 bits per heavy atom. The van der Waals surface area contributed by atoms with Gasteiger partial charge >= 0.3 is 0 Å². The van der Waals surface area contributed by atoms with Gasteiger partial charge in [-0.2, -0.15) is 5.10 Å². The first-order valence-electron chi connectivity index (χ1n) is 11.1. The number of rotatable bonds is 11. The third kappa shape index (κ3) is 6.60. The highest BCUT2D eigenvalue weighted by Gasteiger charge is 2.24. The fourth-order valence-corrected chi connectivity index (χ4v) is 3.44. The lowest BCUT2D eigenvalue weighted by atomic mass is 10.2. The molecular weight excluding hydrogens is 428 g/mol. The van der Waals surface area contributed by atoms with E-state index in [0.717, 1.165) is 11.3 Å². The van der Waals surface area contributed by atoms with Crippen LogP contribution in [-0.2, 0) is 11.3 Å². The topological polar surface area (TPSA) is 59.8 Å².